The Bertz CT molecular complexity index is 695. The van der Waals surface area contributed by atoms with Gasteiger partial charge in [0.15, 0.2) is 0 Å². The fraction of sp³-hybridized carbons (Fsp3) is 0.353. The number of nitrogens with one attached hydrogen (secondary N) is 2. The van der Waals surface area contributed by atoms with Crippen LogP contribution in [0.4, 0.5) is 4.79 Å². The predicted octanol–water partition coefficient (Wildman–Crippen LogP) is 3.20. The number of benzene rings is 1. The predicted molar refractivity (Wildman–Crippen MR) is 90.0 cm³/mol. The lowest BCUT2D eigenvalue weighted by Gasteiger charge is -2.17. The van der Waals surface area contributed by atoms with Crippen molar-refractivity contribution in [1.82, 2.24) is 10.6 Å². The van der Waals surface area contributed by atoms with Gasteiger partial charge in [-0.25, -0.2) is 4.79 Å². The second-order valence-electron chi connectivity index (χ2n) is 5.70. The molecule has 1 aromatic heterocycles. The van der Waals surface area contributed by atoms with Crippen molar-refractivity contribution in [3.63, 3.8) is 0 Å². The molecule has 3 N–H and O–H groups in total. The van der Waals surface area contributed by atoms with Crippen LogP contribution in [0.1, 0.15) is 24.9 Å². The molecule has 0 unspecified atom stereocenters. The molecule has 22 heavy (non-hydrogen) atoms. The van der Waals surface area contributed by atoms with E-state index in [9.17, 15) is 4.79 Å². The van der Waals surface area contributed by atoms with Crippen molar-refractivity contribution in [2.45, 2.75) is 25.4 Å². The third kappa shape index (κ3) is 3.15. The minimum absolute atomic E-state index is 0.00330. The zero-order chi connectivity index (χ0) is 15.5. The smallest absolute Gasteiger partial charge is 0.315 e. The van der Waals surface area contributed by atoms with E-state index >= 15 is 0 Å². The molecule has 1 aromatic carbocycles. The van der Waals surface area contributed by atoms with Crippen LogP contribution in [-0.2, 0) is 0 Å². The summed E-state index contributed by atoms with van der Waals surface area (Å²) in [5.74, 6) is 0.156. The first kappa shape index (κ1) is 15.1. The number of fused-ring (bicyclic) bond motifs is 1. The molecule has 0 spiro atoms. The first-order valence-corrected chi connectivity index (χ1v) is 8.37. The maximum Gasteiger partial charge on any atom is 0.315 e. The van der Waals surface area contributed by atoms with Crippen molar-refractivity contribution in [2.75, 3.05) is 6.61 Å². The summed E-state index contributed by atoms with van der Waals surface area (Å²) in [5.41, 5.74) is 1.14. The van der Waals surface area contributed by atoms with Crippen LogP contribution in [0.5, 0.6) is 0 Å². The number of thiophene rings is 1. The van der Waals surface area contributed by atoms with Gasteiger partial charge in [-0.3, -0.25) is 0 Å². The van der Waals surface area contributed by atoms with E-state index in [2.05, 4.69) is 28.1 Å². The zero-order valence-corrected chi connectivity index (χ0v) is 13.3. The van der Waals surface area contributed by atoms with Gasteiger partial charge in [0.05, 0.1) is 6.04 Å². The van der Waals surface area contributed by atoms with Crippen LogP contribution in [0.15, 0.2) is 41.8 Å². The van der Waals surface area contributed by atoms with Gasteiger partial charge in [0.2, 0.25) is 0 Å². The maximum atomic E-state index is 12.1. The SMILES string of the molecule is C[C@@H](NC(=O)N[C@@H]1C=C[C@H](CO)C1)c1csc2ccccc12. The lowest BCUT2D eigenvalue weighted by Crippen LogP contribution is -2.41. The molecule has 0 aliphatic heterocycles. The largest absolute Gasteiger partial charge is 0.396 e. The van der Waals surface area contributed by atoms with Crippen molar-refractivity contribution in [3.05, 3.63) is 47.4 Å². The van der Waals surface area contributed by atoms with E-state index < -0.39 is 0 Å². The van der Waals surface area contributed by atoms with Gasteiger partial charge < -0.3 is 15.7 Å². The van der Waals surface area contributed by atoms with E-state index in [1.54, 1.807) is 11.3 Å². The standard InChI is InChI=1S/C17H20N2O2S/c1-11(15-10-22-16-5-3-2-4-14(15)16)18-17(21)19-13-7-6-12(8-13)9-20/h2-7,10-13,20H,8-9H2,1H3,(H2,18,19,21)/t11-,12+,13-/m1/s1. The zero-order valence-electron chi connectivity index (χ0n) is 12.5. The fourth-order valence-corrected chi connectivity index (χ4v) is 3.89. The summed E-state index contributed by atoms with van der Waals surface area (Å²) in [5, 5.41) is 18.3. The average Bonchev–Trinajstić information content (AvgIpc) is 3.13. The van der Waals surface area contributed by atoms with Crippen molar-refractivity contribution in [1.29, 1.82) is 0 Å². The quantitative estimate of drug-likeness (QED) is 0.759. The Labute approximate surface area is 133 Å². The van der Waals surface area contributed by atoms with E-state index in [-0.39, 0.29) is 30.6 Å². The number of hydrogen-bond donors (Lipinski definition) is 3. The van der Waals surface area contributed by atoms with Crippen molar-refractivity contribution in [2.24, 2.45) is 5.92 Å². The highest BCUT2D eigenvalue weighted by Gasteiger charge is 2.21. The minimum atomic E-state index is -0.170. The highest BCUT2D eigenvalue weighted by atomic mass is 32.1. The molecule has 1 aliphatic rings. The Balaban J connectivity index is 1.61. The Kier molecular flexibility index (Phi) is 4.45. The number of aliphatic hydroxyl groups is 1. The van der Waals surface area contributed by atoms with Crippen molar-refractivity contribution >= 4 is 27.5 Å². The lowest BCUT2D eigenvalue weighted by molar-refractivity contribution is 0.229. The molecule has 2 amide bonds. The molecule has 116 valence electrons. The molecule has 4 nitrogen and oxygen atoms in total. The summed E-state index contributed by atoms with van der Waals surface area (Å²) in [6.45, 7) is 2.13. The molecule has 0 saturated heterocycles. The summed E-state index contributed by atoms with van der Waals surface area (Å²) in [6.07, 6.45) is 4.67. The number of carbonyl (C=O) groups is 1. The Morgan fingerprint density at radius 3 is 3.00 bits per heavy atom. The van der Waals surface area contributed by atoms with Gasteiger partial charge in [0, 0.05) is 23.3 Å². The summed E-state index contributed by atoms with van der Waals surface area (Å²) in [4.78, 5) is 12.1. The van der Waals surface area contributed by atoms with Crippen LogP contribution < -0.4 is 10.6 Å². The molecule has 3 rings (SSSR count). The van der Waals surface area contributed by atoms with Crippen LogP contribution >= 0.6 is 11.3 Å². The summed E-state index contributed by atoms with van der Waals surface area (Å²) < 4.78 is 1.23. The van der Waals surface area contributed by atoms with Crippen LogP contribution in [0.3, 0.4) is 0 Å². The highest BCUT2D eigenvalue weighted by Crippen LogP contribution is 2.30. The third-order valence-corrected chi connectivity index (χ3v) is 5.03. The molecule has 5 heteroatoms. The molecular weight excluding hydrogens is 296 g/mol. The number of urea groups is 1. The lowest BCUT2D eigenvalue weighted by atomic mass is 10.1. The van der Waals surface area contributed by atoms with Crippen LogP contribution in [0, 0.1) is 5.92 Å². The first-order valence-electron chi connectivity index (χ1n) is 7.49. The van der Waals surface area contributed by atoms with E-state index in [4.69, 9.17) is 5.11 Å². The number of aliphatic hydroxyl groups excluding tert-OH is 1. The topological polar surface area (TPSA) is 61.4 Å². The number of amides is 2. The van der Waals surface area contributed by atoms with E-state index in [0.717, 1.165) is 12.0 Å². The second kappa shape index (κ2) is 6.50. The monoisotopic (exact) mass is 316 g/mol. The van der Waals surface area contributed by atoms with Gasteiger partial charge in [-0.15, -0.1) is 11.3 Å². The van der Waals surface area contributed by atoms with Crippen LogP contribution in [-0.4, -0.2) is 23.8 Å². The van der Waals surface area contributed by atoms with E-state index in [0.29, 0.717) is 0 Å². The van der Waals surface area contributed by atoms with Gasteiger partial charge in [-0.2, -0.15) is 0 Å². The van der Waals surface area contributed by atoms with Crippen LogP contribution in [0.2, 0.25) is 0 Å². The fourth-order valence-electron chi connectivity index (χ4n) is 2.84. The van der Waals surface area contributed by atoms with Crippen LogP contribution in [0.25, 0.3) is 10.1 Å². The molecule has 0 radical (unpaired) electrons. The van der Waals surface area contributed by atoms with Crippen molar-refractivity contribution < 1.29 is 9.90 Å². The molecule has 1 aliphatic carbocycles. The summed E-state index contributed by atoms with van der Waals surface area (Å²) in [7, 11) is 0. The van der Waals surface area contributed by atoms with Gasteiger partial charge in [0.1, 0.15) is 0 Å². The second-order valence-corrected chi connectivity index (χ2v) is 6.61. The van der Waals surface area contributed by atoms with E-state index in [1.165, 1.54) is 10.1 Å². The van der Waals surface area contributed by atoms with E-state index in [1.807, 2.05) is 31.2 Å². The van der Waals surface area contributed by atoms with Gasteiger partial charge in [-0.05, 0) is 35.7 Å². The highest BCUT2D eigenvalue weighted by molar-refractivity contribution is 7.17. The number of hydrogen-bond acceptors (Lipinski definition) is 3. The minimum Gasteiger partial charge on any atom is -0.396 e. The third-order valence-electron chi connectivity index (χ3n) is 4.05. The average molecular weight is 316 g/mol. The Morgan fingerprint density at radius 2 is 2.23 bits per heavy atom. The van der Waals surface area contributed by atoms with Crippen molar-refractivity contribution in [3.8, 4) is 0 Å². The molecule has 0 saturated carbocycles. The summed E-state index contributed by atoms with van der Waals surface area (Å²) in [6, 6.07) is 8.01. The Morgan fingerprint density at radius 1 is 1.41 bits per heavy atom. The molecule has 0 bridgehead atoms. The molecule has 2 aromatic rings. The van der Waals surface area contributed by atoms with Gasteiger partial charge in [-0.1, -0.05) is 30.4 Å². The van der Waals surface area contributed by atoms with Gasteiger partial charge in [0.25, 0.3) is 0 Å². The molecule has 1 heterocycles. The first-order chi connectivity index (χ1) is 10.7. The molecular formula is C17H20N2O2S. The van der Waals surface area contributed by atoms with Gasteiger partial charge >= 0.3 is 6.03 Å². The molecule has 3 atom stereocenters. The molecule has 0 fully saturated rings. The maximum absolute atomic E-state index is 12.1. The number of carbonyl (C=O) groups excluding carboxylic acids is 1. The normalized spacial score (nSPS) is 21.9. The Hall–Kier alpha value is -1.85. The number of rotatable bonds is 4. The summed E-state index contributed by atoms with van der Waals surface area (Å²) >= 11 is 1.69.